The van der Waals surface area contributed by atoms with Crippen molar-refractivity contribution in [3.05, 3.63) is 83.9 Å². The maximum absolute atomic E-state index is 12.3. The molecule has 0 spiro atoms. The summed E-state index contributed by atoms with van der Waals surface area (Å²) in [5.41, 5.74) is 3.68. The SMILES string of the molecule is CC(=O)c1ccc(NC(=O)COc2ccccc2-c2nc(-c3ccccc3C)no2)cc1. The lowest BCUT2D eigenvalue weighted by Crippen LogP contribution is -2.20. The first kappa shape index (κ1) is 21.0. The highest BCUT2D eigenvalue weighted by atomic mass is 16.5. The van der Waals surface area contributed by atoms with Crippen LogP contribution in [0.3, 0.4) is 0 Å². The number of Topliss-reactive ketones (excluding diaryl/α,β-unsaturated/α-hetero) is 1. The Bertz CT molecular complexity index is 1260. The summed E-state index contributed by atoms with van der Waals surface area (Å²) in [6.07, 6.45) is 0. The Morgan fingerprint density at radius 3 is 2.34 bits per heavy atom. The predicted octanol–water partition coefficient (Wildman–Crippen LogP) is 4.93. The minimum Gasteiger partial charge on any atom is -0.483 e. The molecule has 32 heavy (non-hydrogen) atoms. The van der Waals surface area contributed by atoms with Crippen molar-refractivity contribution < 1.29 is 18.8 Å². The van der Waals surface area contributed by atoms with E-state index in [2.05, 4.69) is 15.5 Å². The Hall–Kier alpha value is -4.26. The number of carbonyl (C=O) groups is 2. The molecule has 4 rings (SSSR count). The van der Waals surface area contributed by atoms with E-state index in [0.717, 1.165) is 11.1 Å². The molecular formula is C25H21N3O4. The molecule has 1 heterocycles. The van der Waals surface area contributed by atoms with E-state index in [1.165, 1.54) is 6.92 Å². The number of benzene rings is 3. The Morgan fingerprint density at radius 2 is 1.62 bits per heavy atom. The summed E-state index contributed by atoms with van der Waals surface area (Å²) in [5.74, 6) is 0.879. The summed E-state index contributed by atoms with van der Waals surface area (Å²) in [6, 6.07) is 21.6. The molecule has 0 aliphatic carbocycles. The molecule has 7 heteroatoms. The van der Waals surface area contributed by atoms with Crippen LogP contribution in [0.2, 0.25) is 0 Å². The fourth-order valence-electron chi connectivity index (χ4n) is 3.16. The number of aryl methyl sites for hydroxylation is 1. The third kappa shape index (κ3) is 4.73. The fourth-order valence-corrected chi connectivity index (χ4v) is 3.16. The number of nitrogens with zero attached hydrogens (tertiary/aromatic N) is 2. The van der Waals surface area contributed by atoms with Crippen LogP contribution in [0.1, 0.15) is 22.8 Å². The second kappa shape index (κ2) is 9.26. The highest BCUT2D eigenvalue weighted by molar-refractivity contribution is 5.96. The Balaban J connectivity index is 1.45. The van der Waals surface area contributed by atoms with Crippen molar-refractivity contribution in [3.63, 3.8) is 0 Å². The van der Waals surface area contributed by atoms with Gasteiger partial charge < -0.3 is 14.6 Å². The summed E-state index contributed by atoms with van der Waals surface area (Å²) >= 11 is 0. The van der Waals surface area contributed by atoms with Crippen molar-refractivity contribution in [1.29, 1.82) is 0 Å². The third-order valence-corrected chi connectivity index (χ3v) is 4.86. The van der Waals surface area contributed by atoms with Gasteiger partial charge in [-0.15, -0.1) is 0 Å². The van der Waals surface area contributed by atoms with E-state index in [0.29, 0.717) is 34.3 Å². The number of ketones is 1. The average molecular weight is 427 g/mol. The molecular weight excluding hydrogens is 406 g/mol. The Morgan fingerprint density at radius 1 is 0.938 bits per heavy atom. The Kier molecular flexibility index (Phi) is 6.07. The van der Waals surface area contributed by atoms with Crippen molar-refractivity contribution in [3.8, 4) is 28.6 Å². The molecule has 1 aromatic heterocycles. The summed E-state index contributed by atoms with van der Waals surface area (Å²) in [4.78, 5) is 28.2. The Labute approximate surface area is 185 Å². The number of para-hydroxylation sites is 1. The molecule has 1 amide bonds. The summed E-state index contributed by atoms with van der Waals surface area (Å²) in [5, 5.41) is 6.83. The minimum absolute atomic E-state index is 0.0329. The van der Waals surface area contributed by atoms with Gasteiger partial charge in [-0.2, -0.15) is 4.98 Å². The van der Waals surface area contributed by atoms with Gasteiger partial charge in [-0.3, -0.25) is 9.59 Å². The second-order valence-corrected chi connectivity index (χ2v) is 7.20. The molecule has 0 aliphatic heterocycles. The van der Waals surface area contributed by atoms with Crippen LogP contribution in [-0.4, -0.2) is 28.4 Å². The number of amides is 1. The van der Waals surface area contributed by atoms with Gasteiger partial charge in [0.15, 0.2) is 12.4 Å². The van der Waals surface area contributed by atoms with Crippen molar-refractivity contribution >= 4 is 17.4 Å². The number of anilines is 1. The van der Waals surface area contributed by atoms with Crippen LogP contribution in [0.4, 0.5) is 5.69 Å². The van der Waals surface area contributed by atoms with Crippen LogP contribution in [-0.2, 0) is 4.79 Å². The maximum atomic E-state index is 12.3. The quantitative estimate of drug-likeness (QED) is 0.420. The van der Waals surface area contributed by atoms with Crippen LogP contribution in [0, 0.1) is 6.92 Å². The molecule has 0 atom stereocenters. The first-order valence-electron chi connectivity index (χ1n) is 10.0. The topological polar surface area (TPSA) is 94.3 Å². The highest BCUT2D eigenvalue weighted by Crippen LogP contribution is 2.30. The first-order valence-corrected chi connectivity index (χ1v) is 10.0. The monoisotopic (exact) mass is 427 g/mol. The molecule has 0 unspecified atom stereocenters. The average Bonchev–Trinajstić information content (AvgIpc) is 3.28. The summed E-state index contributed by atoms with van der Waals surface area (Å²) in [6.45, 7) is 3.27. The van der Waals surface area contributed by atoms with Gasteiger partial charge >= 0.3 is 0 Å². The number of aromatic nitrogens is 2. The molecule has 0 saturated heterocycles. The summed E-state index contributed by atoms with van der Waals surface area (Å²) in [7, 11) is 0. The number of rotatable bonds is 7. The van der Waals surface area contributed by atoms with Gasteiger partial charge in [0.25, 0.3) is 11.8 Å². The van der Waals surface area contributed by atoms with Gasteiger partial charge in [-0.25, -0.2) is 0 Å². The smallest absolute Gasteiger partial charge is 0.262 e. The molecule has 0 fully saturated rings. The molecule has 7 nitrogen and oxygen atoms in total. The molecule has 3 aromatic carbocycles. The van der Waals surface area contributed by atoms with E-state index < -0.39 is 0 Å². The largest absolute Gasteiger partial charge is 0.483 e. The van der Waals surface area contributed by atoms with Gasteiger partial charge in [0.1, 0.15) is 5.75 Å². The molecule has 0 radical (unpaired) electrons. The number of nitrogens with one attached hydrogen (secondary N) is 1. The molecule has 0 saturated carbocycles. The van der Waals surface area contributed by atoms with E-state index >= 15 is 0 Å². The molecule has 160 valence electrons. The predicted molar refractivity (Wildman–Crippen MR) is 120 cm³/mol. The first-order chi connectivity index (χ1) is 15.5. The van der Waals surface area contributed by atoms with Crippen molar-refractivity contribution in [2.75, 3.05) is 11.9 Å². The zero-order valence-electron chi connectivity index (χ0n) is 17.7. The van der Waals surface area contributed by atoms with Crippen LogP contribution in [0.5, 0.6) is 5.75 Å². The zero-order valence-corrected chi connectivity index (χ0v) is 17.7. The van der Waals surface area contributed by atoms with Crippen molar-refractivity contribution in [2.45, 2.75) is 13.8 Å². The van der Waals surface area contributed by atoms with Gasteiger partial charge in [-0.1, -0.05) is 41.6 Å². The number of hydrogen-bond acceptors (Lipinski definition) is 6. The molecule has 0 bridgehead atoms. The van der Waals surface area contributed by atoms with Gasteiger partial charge in [0.05, 0.1) is 5.56 Å². The van der Waals surface area contributed by atoms with E-state index in [1.807, 2.05) is 37.3 Å². The van der Waals surface area contributed by atoms with E-state index in [-0.39, 0.29) is 18.3 Å². The lowest BCUT2D eigenvalue weighted by molar-refractivity contribution is -0.118. The highest BCUT2D eigenvalue weighted by Gasteiger charge is 2.16. The normalized spacial score (nSPS) is 10.6. The lowest BCUT2D eigenvalue weighted by Gasteiger charge is -2.10. The van der Waals surface area contributed by atoms with Gasteiger partial charge in [0, 0.05) is 16.8 Å². The lowest BCUT2D eigenvalue weighted by atomic mass is 10.1. The molecule has 4 aromatic rings. The molecule has 0 aliphatic rings. The van der Waals surface area contributed by atoms with Crippen LogP contribution in [0.15, 0.2) is 77.3 Å². The number of hydrogen-bond donors (Lipinski definition) is 1. The number of carbonyl (C=O) groups excluding carboxylic acids is 2. The van der Waals surface area contributed by atoms with Gasteiger partial charge in [0.2, 0.25) is 5.82 Å². The van der Waals surface area contributed by atoms with Crippen LogP contribution < -0.4 is 10.1 Å². The maximum Gasteiger partial charge on any atom is 0.262 e. The van der Waals surface area contributed by atoms with E-state index in [9.17, 15) is 9.59 Å². The van der Waals surface area contributed by atoms with Crippen molar-refractivity contribution in [2.24, 2.45) is 0 Å². The standard InChI is InChI=1S/C25H21N3O4/c1-16-7-3-4-8-20(16)24-27-25(32-28-24)21-9-5-6-10-22(21)31-15-23(30)26-19-13-11-18(12-14-19)17(2)29/h3-14H,15H2,1-2H3,(H,26,30). The number of ether oxygens (including phenoxy) is 1. The fraction of sp³-hybridized carbons (Fsp3) is 0.120. The zero-order chi connectivity index (χ0) is 22.5. The van der Waals surface area contributed by atoms with Crippen molar-refractivity contribution in [1.82, 2.24) is 10.1 Å². The third-order valence-electron chi connectivity index (χ3n) is 4.86. The van der Waals surface area contributed by atoms with E-state index in [1.54, 1.807) is 42.5 Å². The van der Waals surface area contributed by atoms with Crippen LogP contribution in [0.25, 0.3) is 22.8 Å². The molecule has 1 N–H and O–H groups in total. The van der Waals surface area contributed by atoms with Gasteiger partial charge in [-0.05, 0) is 55.8 Å². The van der Waals surface area contributed by atoms with Crippen LogP contribution >= 0.6 is 0 Å². The van der Waals surface area contributed by atoms with E-state index in [4.69, 9.17) is 9.26 Å². The second-order valence-electron chi connectivity index (χ2n) is 7.20. The summed E-state index contributed by atoms with van der Waals surface area (Å²) < 4.78 is 11.2. The minimum atomic E-state index is -0.332.